The number of carbonyl (C=O) groups excluding carboxylic acids is 1. The number of carbonyl (C=O) groups is 1. The zero-order valence-corrected chi connectivity index (χ0v) is 9.29. The van der Waals surface area contributed by atoms with Gasteiger partial charge in [0, 0.05) is 19.6 Å². The lowest BCUT2D eigenvalue weighted by Crippen LogP contribution is -2.16. The van der Waals surface area contributed by atoms with Crippen LogP contribution in [0.5, 0.6) is 0 Å². The maximum atomic E-state index is 10.6. The van der Waals surface area contributed by atoms with Crippen molar-refractivity contribution in [2.24, 2.45) is 0 Å². The van der Waals surface area contributed by atoms with E-state index in [1.165, 1.54) is 0 Å². The van der Waals surface area contributed by atoms with Crippen LogP contribution in [0.25, 0.3) is 0 Å². The Morgan fingerprint density at radius 1 is 1.29 bits per heavy atom. The fourth-order valence-corrected chi connectivity index (χ4v) is 1.07. The summed E-state index contributed by atoms with van der Waals surface area (Å²) in [6, 6.07) is 0. The normalized spacial score (nSPS) is 11.4. The van der Waals surface area contributed by atoms with Crippen LogP contribution < -0.4 is 0 Å². The molecule has 0 aromatic carbocycles. The molecule has 0 amide bonds. The van der Waals surface area contributed by atoms with E-state index >= 15 is 0 Å². The van der Waals surface area contributed by atoms with Crippen molar-refractivity contribution in [3.63, 3.8) is 0 Å². The van der Waals surface area contributed by atoms with Gasteiger partial charge in [-0.25, -0.2) is 0 Å². The molecule has 0 aliphatic rings. The van der Waals surface area contributed by atoms with Gasteiger partial charge in [0.2, 0.25) is 0 Å². The lowest BCUT2D eigenvalue weighted by molar-refractivity contribution is -0.138. The molecule has 0 aromatic rings. The smallest absolute Gasteiger partial charge is 0.157 e. The highest BCUT2D eigenvalue weighted by Crippen LogP contribution is 2.05. The molecule has 0 N–H and O–H groups in total. The molecule has 3 heteroatoms. The van der Waals surface area contributed by atoms with Gasteiger partial charge in [-0.1, -0.05) is 6.08 Å². The third-order valence-corrected chi connectivity index (χ3v) is 1.63. The van der Waals surface area contributed by atoms with Gasteiger partial charge >= 0.3 is 0 Å². The number of hydrogen-bond donors (Lipinski definition) is 0. The molecule has 0 saturated heterocycles. The van der Waals surface area contributed by atoms with Crippen LogP contribution in [-0.4, -0.2) is 25.3 Å². The Kier molecular flexibility index (Phi) is 8.48. The van der Waals surface area contributed by atoms with Crippen molar-refractivity contribution in [3.05, 3.63) is 12.2 Å². The van der Waals surface area contributed by atoms with Crippen molar-refractivity contribution < 1.29 is 14.3 Å². The molecule has 0 spiro atoms. The predicted octanol–water partition coefficient (Wildman–Crippen LogP) is 2.31. The molecular weight excluding hydrogens is 180 g/mol. The maximum Gasteiger partial charge on any atom is 0.157 e. The second kappa shape index (κ2) is 8.91. The molecule has 0 aromatic heterocycles. The van der Waals surface area contributed by atoms with E-state index in [1.54, 1.807) is 13.0 Å². The van der Waals surface area contributed by atoms with Gasteiger partial charge < -0.3 is 9.47 Å². The lowest BCUT2D eigenvalue weighted by atomic mass is 10.2. The molecule has 0 aliphatic carbocycles. The van der Waals surface area contributed by atoms with Gasteiger partial charge in [-0.05, 0) is 33.3 Å². The molecular formula is C11H20O3. The first-order valence-corrected chi connectivity index (χ1v) is 5.11. The molecule has 82 valence electrons. The van der Waals surface area contributed by atoms with Gasteiger partial charge in [0.1, 0.15) is 0 Å². The van der Waals surface area contributed by atoms with E-state index in [9.17, 15) is 4.79 Å². The molecule has 0 radical (unpaired) electrons. The Bertz CT molecular complexity index is 169. The number of ketones is 1. The molecule has 0 bridgehead atoms. The Hall–Kier alpha value is -0.670. The first kappa shape index (κ1) is 13.3. The van der Waals surface area contributed by atoms with Gasteiger partial charge in [-0.2, -0.15) is 0 Å². The first-order valence-electron chi connectivity index (χ1n) is 5.11. The van der Waals surface area contributed by atoms with Gasteiger partial charge in [-0.15, -0.1) is 0 Å². The summed E-state index contributed by atoms with van der Waals surface area (Å²) in [5, 5.41) is 0. The highest BCUT2D eigenvalue weighted by Gasteiger charge is 2.05. The van der Waals surface area contributed by atoms with Gasteiger partial charge in [-0.3, -0.25) is 4.79 Å². The quantitative estimate of drug-likeness (QED) is 0.445. The minimum atomic E-state index is -0.137. The molecule has 0 fully saturated rings. The van der Waals surface area contributed by atoms with E-state index in [0.717, 1.165) is 12.8 Å². The fourth-order valence-electron chi connectivity index (χ4n) is 1.07. The summed E-state index contributed by atoms with van der Waals surface area (Å²) >= 11 is 0. The predicted molar refractivity (Wildman–Crippen MR) is 56.1 cm³/mol. The highest BCUT2D eigenvalue weighted by molar-refractivity contribution is 5.87. The zero-order valence-electron chi connectivity index (χ0n) is 9.29. The summed E-state index contributed by atoms with van der Waals surface area (Å²) in [5.74, 6) is 0.0781. The van der Waals surface area contributed by atoms with Crippen molar-refractivity contribution in [2.75, 3.05) is 13.2 Å². The number of ether oxygens (including phenoxy) is 2. The SMILES string of the molecule is CCOC(CC/C=C/C(C)=O)OCC. The molecule has 0 aliphatic heterocycles. The minimum Gasteiger partial charge on any atom is -0.353 e. The van der Waals surface area contributed by atoms with Crippen LogP contribution in [-0.2, 0) is 14.3 Å². The van der Waals surface area contributed by atoms with Crippen molar-refractivity contribution in [1.82, 2.24) is 0 Å². The van der Waals surface area contributed by atoms with Crippen molar-refractivity contribution in [3.8, 4) is 0 Å². The monoisotopic (exact) mass is 200 g/mol. The summed E-state index contributed by atoms with van der Waals surface area (Å²) in [6.07, 6.45) is 4.90. The third kappa shape index (κ3) is 7.95. The molecule has 0 atom stereocenters. The molecule has 3 nitrogen and oxygen atoms in total. The highest BCUT2D eigenvalue weighted by atomic mass is 16.7. The van der Waals surface area contributed by atoms with E-state index in [4.69, 9.17) is 9.47 Å². The Morgan fingerprint density at radius 3 is 2.29 bits per heavy atom. The van der Waals surface area contributed by atoms with Crippen molar-refractivity contribution >= 4 is 5.78 Å². The number of allylic oxidation sites excluding steroid dienone is 2. The van der Waals surface area contributed by atoms with E-state index in [-0.39, 0.29) is 12.1 Å². The third-order valence-electron chi connectivity index (χ3n) is 1.63. The Balaban J connectivity index is 3.64. The Labute approximate surface area is 86.1 Å². The lowest BCUT2D eigenvalue weighted by Gasteiger charge is -2.15. The molecule has 0 saturated carbocycles. The summed E-state index contributed by atoms with van der Waals surface area (Å²) in [6.45, 7) is 6.73. The molecule has 0 unspecified atom stereocenters. The summed E-state index contributed by atoms with van der Waals surface area (Å²) < 4.78 is 10.7. The van der Waals surface area contributed by atoms with E-state index < -0.39 is 0 Å². The average Bonchev–Trinajstić information content (AvgIpc) is 2.12. The van der Waals surface area contributed by atoms with Crippen LogP contribution in [0.2, 0.25) is 0 Å². The van der Waals surface area contributed by atoms with Gasteiger partial charge in [0.15, 0.2) is 12.1 Å². The fraction of sp³-hybridized carbons (Fsp3) is 0.727. The first-order chi connectivity index (χ1) is 6.70. The maximum absolute atomic E-state index is 10.6. The molecule has 14 heavy (non-hydrogen) atoms. The van der Waals surface area contributed by atoms with E-state index in [0.29, 0.717) is 13.2 Å². The summed E-state index contributed by atoms with van der Waals surface area (Å²) in [5.41, 5.74) is 0. The van der Waals surface area contributed by atoms with Gasteiger partial charge in [0.05, 0.1) is 0 Å². The van der Waals surface area contributed by atoms with Crippen LogP contribution in [0.4, 0.5) is 0 Å². The Morgan fingerprint density at radius 2 is 1.86 bits per heavy atom. The second-order valence-electron chi connectivity index (χ2n) is 2.93. The van der Waals surface area contributed by atoms with Crippen LogP contribution in [0.1, 0.15) is 33.6 Å². The van der Waals surface area contributed by atoms with Crippen molar-refractivity contribution in [1.29, 1.82) is 0 Å². The largest absolute Gasteiger partial charge is 0.353 e. The van der Waals surface area contributed by atoms with Crippen molar-refractivity contribution in [2.45, 2.75) is 39.9 Å². The van der Waals surface area contributed by atoms with Gasteiger partial charge in [0.25, 0.3) is 0 Å². The topological polar surface area (TPSA) is 35.5 Å². The second-order valence-corrected chi connectivity index (χ2v) is 2.93. The summed E-state index contributed by atoms with van der Waals surface area (Å²) in [7, 11) is 0. The minimum absolute atomic E-state index is 0.0781. The van der Waals surface area contributed by atoms with Crippen LogP contribution >= 0.6 is 0 Å². The molecule has 0 rings (SSSR count). The van der Waals surface area contributed by atoms with Crippen LogP contribution in [0.3, 0.4) is 0 Å². The van der Waals surface area contributed by atoms with E-state index in [1.807, 2.05) is 19.9 Å². The molecule has 0 heterocycles. The standard InChI is InChI=1S/C11H20O3/c1-4-13-11(14-5-2)9-7-6-8-10(3)12/h6,8,11H,4-5,7,9H2,1-3H3/b8-6+. The average molecular weight is 200 g/mol. The van der Waals surface area contributed by atoms with Crippen LogP contribution in [0, 0.1) is 0 Å². The van der Waals surface area contributed by atoms with Crippen LogP contribution in [0.15, 0.2) is 12.2 Å². The number of rotatable bonds is 8. The van der Waals surface area contributed by atoms with E-state index in [2.05, 4.69) is 0 Å². The number of hydrogen-bond acceptors (Lipinski definition) is 3. The summed E-state index contributed by atoms with van der Waals surface area (Å²) in [4.78, 5) is 10.6. The zero-order chi connectivity index (χ0) is 10.8.